The second kappa shape index (κ2) is 6.97. The molecule has 7 heteroatoms. The molecule has 0 spiro atoms. The number of ether oxygens (including phenoxy) is 1. The molecule has 0 N–H and O–H groups in total. The van der Waals surface area contributed by atoms with Gasteiger partial charge in [0.2, 0.25) is 9.84 Å². The summed E-state index contributed by atoms with van der Waals surface area (Å²) < 4.78 is 31.5. The van der Waals surface area contributed by atoms with Gasteiger partial charge in [-0.15, -0.1) is 0 Å². The highest BCUT2D eigenvalue weighted by atomic mass is 32.2. The SMILES string of the molecule is Cc1ccc(S(=O)(=O)c2ccccc2Oc2ccc([N+](=O)[O-])cc2)cc1. The van der Waals surface area contributed by atoms with Gasteiger partial charge in [0.05, 0.1) is 9.82 Å². The number of non-ortho nitro benzene ring substituents is 1. The van der Waals surface area contributed by atoms with Gasteiger partial charge in [-0.25, -0.2) is 8.42 Å². The summed E-state index contributed by atoms with van der Waals surface area (Å²) in [6.45, 7) is 1.88. The van der Waals surface area contributed by atoms with Crippen molar-refractivity contribution in [1.29, 1.82) is 0 Å². The molecule has 3 rings (SSSR count). The minimum Gasteiger partial charge on any atom is -0.456 e. The average molecular weight is 369 g/mol. The summed E-state index contributed by atoms with van der Waals surface area (Å²) in [6, 6.07) is 18.3. The number of nitro groups is 1. The average Bonchev–Trinajstić information content (AvgIpc) is 2.63. The lowest BCUT2D eigenvalue weighted by atomic mass is 10.2. The Hall–Kier alpha value is -3.19. The second-order valence-electron chi connectivity index (χ2n) is 5.62. The Morgan fingerprint density at radius 1 is 0.885 bits per heavy atom. The maximum absolute atomic E-state index is 12.9. The molecule has 3 aromatic carbocycles. The molecule has 0 amide bonds. The zero-order chi connectivity index (χ0) is 18.7. The Morgan fingerprint density at radius 3 is 2.12 bits per heavy atom. The lowest BCUT2D eigenvalue weighted by molar-refractivity contribution is -0.384. The number of nitro benzene ring substituents is 1. The predicted octanol–water partition coefficient (Wildman–Crippen LogP) is 4.53. The van der Waals surface area contributed by atoms with Crippen LogP contribution in [0, 0.1) is 17.0 Å². The van der Waals surface area contributed by atoms with Crippen LogP contribution in [0.5, 0.6) is 11.5 Å². The number of para-hydroxylation sites is 1. The lowest BCUT2D eigenvalue weighted by Gasteiger charge is -2.12. The Balaban J connectivity index is 1.98. The monoisotopic (exact) mass is 369 g/mol. The summed E-state index contributed by atoms with van der Waals surface area (Å²) in [5, 5.41) is 10.7. The van der Waals surface area contributed by atoms with Gasteiger partial charge in [0.1, 0.15) is 16.4 Å². The van der Waals surface area contributed by atoms with Crippen molar-refractivity contribution in [3.05, 3.63) is 88.5 Å². The third kappa shape index (κ3) is 3.57. The predicted molar refractivity (Wildman–Crippen MR) is 96.2 cm³/mol. The molecule has 0 saturated carbocycles. The number of nitrogens with zero attached hydrogens (tertiary/aromatic N) is 1. The molecule has 0 unspecified atom stereocenters. The molecule has 3 aromatic rings. The second-order valence-corrected chi connectivity index (χ2v) is 7.53. The summed E-state index contributed by atoms with van der Waals surface area (Å²) in [5.74, 6) is 0.462. The van der Waals surface area contributed by atoms with Crippen molar-refractivity contribution < 1.29 is 18.1 Å². The van der Waals surface area contributed by atoms with Crippen molar-refractivity contribution in [3.8, 4) is 11.5 Å². The summed E-state index contributed by atoms with van der Waals surface area (Å²) in [4.78, 5) is 10.4. The number of sulfone groups is 1. The Kier molecular flexibility index (Phi) is 4.73. The molecule has 0 fully saturated rings. The first kappa shape index (κ1) is 17.6. The maximum Gasteiger partial charge on any atom is 0.269 e. The number of rotatable bonds is 5. The molecule has 0 saturated heterocycles. The van der Waals surface area contributed by atoms with Crippen LogP contribution in [0.15, 0.2) is 82.6 Å². The van der Waals surface area contributed by atoms with Crippen LogP contribution in [0.25, 0.3) is 0 Å². The van der Waals surface area contributed by atoms with Crippen LogP contribution in [0.2, 0.25) is 0 Å². The third-order valence-electron chi connectivity index (χ3n) is 3.75. The maximum atomic E-state index is 12.9. The van der Waals surface area contributed by atoms with E-state index in [0.29, 0.717) is 5.75 Å². The topological polar surface area (TPSA) is 86.5 Å². The summed E-state index contributed by atoms with van der Waals surface area (Å²) in [5.41, 5.74) is 0.886. The molecule has 0 bridgehead atoms. The quantitative estimate of drug-likeness (QED) is 0.487. The van der Waals surface area contributed by atoms with Gasteiger partial charge in [0, 0.05) is 12.1 Å². The minimum atomic E-state index is -3.76. The third-order valence-corrected chi connectivity index (χ3v) is 5.55. The molecular formula is C19H15NO5S. The highest BCUT2D eigenvalue weighted by Crippen LogP contribution is 2.33. The van der Waals surface area contributed by atoms with Crippen LogP contribution in [0.3, 0.4) is 0 Å². The van der Waals surface area contributed by atoms with Gasteiger partial charge in [0.15, 0.2) is 0 Å². The van der Waals surface area contributed by atoms with Crippen LogP contribution >= 0.6 is 0 Å². The minimum absolute atomic E-state index is 0.0298. The fourth-order valence-electron chi connectivity index (χ4n) is 2.36. The van der Waals surface area contributed by atoms with E-state index >= 15 is 0 Å². The molecule has 0 atom stereocenters. The number of aryl methyl sites for hydroxylation is 1. The van der Waals surface area contributed by atoms with Crippen LogP contribution in [0.4, 0.5) is 5.69 Å². The van der Waals surface area contributed by atoms with E-state index in [2.05, 4.69) is 0 Å². The van der Waals surface area contributed by atoms with Crippen molar-refractivity contribution in [2.75, 3.05) is 0 Å². The van der Waals surface area contributed by atoms with E-state index in [-0.39, 0.29) is 21.2 Å². The summed E-state index contributed by atoms with van der Waals surface area (Å²) in [6.07, 6.45) is 0. The van der Waals surface area contributed by atoms with E-state index in [9.17, 15) is 18.5 Å². The van der Waals surface area contributed by atoms with Gasteiger partial charge in [-0.1, -0.05) is 29.8 Å². The van der Waals surface area contributed by atoms with E-state index in [1.807, 2.05) is 6.92 Å². The molecule has 26 heavy (non-hydrogen) atoms. The normalized spacial score (nSPS) is 11.1. The van der Waals surface area contributed by atoms with E-state index in [1.54, 1.807) is 42.5 Å². The zero-order valence-corrected chi connectivity index (χ0v) is 14.6. The van der Waals surface area contributed by atoms with Gasteiger partial charge in [-0.3, -0.25) is 10.1 Å². The molecular weight excluding hydrogens is 354 g/mol. The van der Waals surface area contributed by atoms with Crippen molar-refractivity contribution in [2.24, 2.45) is 0 Å². The van der Waals surface area contributed by atoms with E-state index < -0.39 is 14.8 Å². The zero-order valence-electron chi connectivity index (χ0n) is 13.8. The summed E-state index contributed by atoms with van der Waals surface area (Å²) >= 11 is 0. The van der Waals surface area contributed by atoms with Crippen LogP contribution in [0.1, 0.15) is 5.56 Å². The van der Waals surface area contributed by atoms with Crippen LogP contribution in [-0.2, 0) is 9.84 Å². The van der Waals surface area contributed by atoms with Crippen LogP contribution in [-0.4, -0.2) is 13.3 Å². The fraction of sp³-hybridized carbons (Fsp3) is 0.0526. The molecule has 0 radical (unpaired) electrons. The first-order valence-corrected chi connectivity index (χ1v) is 9.19. The molecule has 132 valence electrons. The highest BCUT2D eigenvalue weighted by molar-refractivity contribution is 7.91. The Labute approximate surface area is 150 Å². The number of benzene rings is 3. The number of hydrogen-bond acceptors (Lipinski definition) is 5. The molecule has 0 aromatic heterocycles. The largest absolute Gasteiger partial charge is 0.456 e. The number of hydrogen-bond donors (Lipinski definition) is 0. The first-order chi connectivity index (χ1) is 12.4. The molecule has 0 aliphatic rings. The van der Waals surface area contributed by atoms with Gasteiger partial charge < -0.3 is 4.74 Å². The first-order valence-electron chi connectivity index (χ1n) is 7.71. The van der Waals surface area contributed by atoms with E-state index in [0.717, 1.165) is 5.56 Å². The van der Waals surface area contributed by atoms with E-state index in [1.165, 1.54) is 30.3 Å². The molecule has 0 aliphatic heterocycles. The van der Waals surface area contributed by atoms with Gasteiger partial charge in [-0.05, 0) is 43.3 Å². The van der Waals surface area contributed by atoms with Crippen molar-refractivity contribution in [1.82, 2.24) is 0 Å². The van der Waals surface area contributed by atoms with Crippen molar-refractivity contribution >= 4 is 15.5 Å². The smallest absolute Gasteiger partial charge is 0.269 e. The fourth-order valence-corrected chi connectivity index (χ4v) is 3.74. The molecule has 6 nitrogen and oxygen atoms in total. The lowest BCUT2D eigenvalue weighted by Crippen LogP contribution is -2.04. The highest BCUT2D eigenvalue weighted by Gasteiger charge is 2.22. The molecule has 0 heterocycles. The Morgan fingerprint density at radius 2 is 1.50 bits per heavy atom. The van der Waals surface area contributed by atoms with Gasteiger partial charge in [-0.2, -0.15) is 0 Å². The van der Waals surface area contributed by atoms with Gasteiger partial charge in [0.25, 0.3) is 5.69 Å². The van der Waals surface area contributed by atoms with Crippen molar-refractivity contribution in [2.45, 2.75) is 16.7 Å². The van der Waals surface area contributed by atoms with E-state index in [4.69, 9.17) is 4.74 Å². The standard InChI is InChI=1S/C19H15NO5S/c1-14-6-12-17(13-7-14)26(23,24)19-5-3-2-4-18(19)25-16-10-8-15(9-11-16)20(21)22/h2-13H,1H3. The van der Waals surface area contributed by atoms with Crippen molar-refractivity contribution in [3.63, 3.8) is 0 Å². The van der Waals surface area contributed by atoms with Crippen LogP contribution < -0.4 is 4.74 Å². The van der Waals surface area contributed by atoms with Gasteiger partial charge >= 0.3 is 0 Å². The Bertz CT molecular complexity index is 1040. The molecule has 0 aliphatic carbocycles. The summed E-state index contributed by atoms with van der Waals surface area (Å²) in [7, 11) is -3.76.